The molecule has 3 saturated heterocycles. The molecule has 0 saturated carbocycles. The average Bonchev–Trinajstić information content (AvgIpc) is 2.84. The SMILES string of the molecule is CC(=O)OCC(=O)N1CC(n2cc(-c3ccnc(Nc4cnn(C)c4)c3)cn2)C1.CC(=O)OCC(=O)O.Cl.Cn1cc(Nc2cc(-c3cnn(C4CN(C(=O)CO)C4)c3)ccn2)cn1.Cn1cc(Nc2cc(-c3cnn(C4CNC4)c3)ccn2)cn1.[Li+].[OH-]. The molecule has 0 spiro atoms. The predicted molar refractivity (Wildman–Crippen MR) is 316 cm³/mol. The third kappa shape index (κ3) is 18.6. The van der Waals surface area contributed by atoms with Gasteiger partial charge in [0.05, 0.1) is 72.4 Å². The first-order valence-corrected chi connectivity index (χ1v) is 26.6. The maximum Gasteiger partial charge on any atom is 1.00 e. The number of halogens is 1. The third-order valence-corrected chi connectivity index (χ3v) is 13.3. The molecule has 7 N–H and O–H groups in total. The van der Waals surface area contributed by atoms with Crippen LogP contribution in [0.5, 0.6) is 0 Å². The topological polar surface area (TPSA) is 374 Å². The second-order valence-electron chi connectivity index (χ2n) is 19.8. The van der Waals surface area contributed by atoms with Crippen molar-refractivity contribution in [2.75, 3.05) is 75.0 Å². The van der Waals surface area contributed by atoms with Crippen LogP contribution < -0.4 is 40.1 Å². The summed E-state index contributed by atoms with van der Waals surface area (Å²) in [4.78, 5) is 69.9. The van der Waals surface area contributed by atoms with Crippen LogP contribution in [0.15, 0.2) is 129 Å². The summed E-state index contributed by atoms with van der Waals surface area (Å²) >= 11 is 0. The molecule has 3 aliphatic rings. The van der Waals surface area contributed by atoms with E-state index in [2.05, 4.69) is 77.7 Å². The molecule has 0 aliphatic carbocycles. The fraction of sp³-hybridized carbons (Fsp3) is 0.309. The Morgan fingerprint density at radius 3 is 1.17 bits per heavy atom. The average molecular weight is 1220 g/mol. The minimum atomic E-state index is -1.14. The van der Waals surface area contributed by atoms with Crippen LogP contribution in [0.2, 0.25) is 0 Å². The number of likely N-dealkylation sites (tertiary alicyclic amines) is 2. The van der Waals surface area contributed by atoms with Crippen LogP contribution in [-0.2, 0) is 54.6 Å². The number of aryl methyl sites for hydroxylation is 3. The van der Waals surface area contributed by atoms with Gasteiger partial charge in [0.15, 0.2) is 13.2 Å². The first-order valence-electron chi connectivity index (χ1n) is 26.6. The van der Waals surface area contributed by atoms with Gasteiger partial charge in [-0.15, -0.1) is 12.4 Å². The number of aliphatic hydroxyl groups is 1. The van der Waals surface area contributed by atoms with E-state index in [0.29, 0.717) is 38.0 Å². The Morgan fingerprint density at radius 2 is 0.875 bits per heavy atom. The fourth-order valence-corrected chi connectivity index (χ4v) is 8.63. The standard InChI is InChI=1S/C19H21N7O3.C17H19N7O2.C15H17N7.C4H6O4.ClH.Li.H2O/c1-13(27)29-12-19(28)25-10-17(11-25)26-8-15(6-22-26)14-3-4-20-18(5-14)23-16-7-21-24(2)9-16;1-22-8-14(6-19-22)21-16-4-12(2-3-18-16)13-5-20-24(7-13)15-9-23(10-15)17(26)11-25;1-21-10-13(6-18-21)20-15-4-11(2-3-17-15)12-5-19-22(9-12)14-7-16-8-14;1-3(5)8-2-4(6)7;;;/h3-9,17H,10-12H2,1-2H3,(H,20,23);2-8,15,25H,9-11H2,1H3,(H,18,21);2-6,9-10,14,16H,7-8H2,1H3,(H,17,20);2H2,1H3,(H,6,7);1H;;1H2/q;;;;;+1;/p-1. The van der Waals surface area contributed by atoms with Crippen LogP contribution >= 0.6 is 12.4 Å². The molecule has 88 heavy (non-hydrogen) atoms. The number of carboxylic acids is 1. The van der Waals surface area contributed by atoms with E-state index in [4.69, 9.17) is 14.9 Å². The van der Waals surface area contributed by atoms with Gasteiger partial charge < -0.3 is 56.2 Å². The number of hydrogen-bond donors (Lipinski definition) is 6. The van der Waals surface area contributed by atoms with E-state index in [-0.39, 0.29) is 67.2 Å². The molecule has 31 nitrogen and oxygen atoms in total. The third-order valence-electron chi connectivity index (χ3n) is 13.3. The second kappa shape index (κ2) is 31.6. The van der Waals surface area contributed by atoms with Gasteiger partial charge in [0, 0.05) is 147 Å². The number of hydrogen-bond acceptors (Lipinski definition) is 22. The number of aliphatic hydroxyl groups excluding tert-OH is 1. The van der Waals surface area contributed by atoms with E-state index in [1.54, 1.807) is 73.4 Å². The van der Waals surface area contributed by atoms with Crippen molar-refractivity contribution in [3.05, 3.63) is 129 Å². The van der Waals surface area contributed by atoms with E-state index in [1.165, 1.54) is 6.92 Å². The Kier molecular flexibility index (Phi) is 24.2. The summed E-state index contributed by atoms with van der Waals surface area (Å²) in [6.45, 7) is 5.46. The smallest absolute Gasteiger partial charge is 0.870 e. The number of anilines is 6. The van der Waals surface area contributed by atoms with Gasteiger partial charge in [-0.2, -0.15) is 30.6 Å². The van der Waals surface area contributed by atoms with Crippen molar-refractivity contribution >= 4 is 76.6 Å². The van der Waals surface area contributed by atoms with Gasteiger partial charge in [0.2, 0.25) is 5.91 Å². The van der Waals surface area contributed by atoms with Crippen LogP contribution in [0, 0.1) is 0 Å². The summed E-state index contributed by atoms with van der Waals surface area (Å²) in [5.74, 6) is -0.364. The zero-order valence-electron chi connectivity index (χ0n) is 48.9. The zero-order valence-corrected chi connectivity index (χ0v) is 49.7. The van der Waals surface area contributed by atoms with Gasteiger partial charge in [-0.3, -0.25) is 47.3 Å². The molecule has 0 atom stereocenters. The predicted octanol–water partition coefficient (Wildman–Crippen LogP) is 0.616. The molecule has 0 radical (unpaired) electrons. The number of aliphatic carboxylic acids is 1. The summed E-state index contributed by atoms with van der Waals surface area (Å²) in [7, 11) is 5.60. The van der Waals surface area contributed by atoms with E-state index in [9.17, 15) is 24.0 Å². The molecular weight excluding hydrogens is 1160 g/mol. The van der Waals surface area contributed by atoms with Crippen LogP contribution in [0.4, 0.5) is 34.5 Å². The van der Waals surface area contributed by atoms with Gasteiger partial charge >= 0.3 is 36.8 Å². The number of ether oxygens (including phenoxy) is 2. The summed E-state index contributed by atoms with van der Waals surface area (Å²) in [5, 5.41) is 55.4. The van der Waals surface area contributed by atoms with Gasteiger partial charge in [0.25, 0.3) is 5.91 Å². The van der Waals surface area contributed by atoms with Gasteiger partial charge in [0.1, 0.15) is 24.1 Å². The molecule has 9 aromatic heterocycles. The number of nitrogens with one attached hydrogen (secondary N) is 4. The number of carboxylic acid groups (broad SMARTS) is 1. The monoisotopic (exact) mass is 1220 g/mol. The van der Waals surface area contributed by atoms with E-state index < -0.39 is 31.1 Å². The first kappa shape index (κ1) is 67.4. The van der Waals surface area contributed by atoms with Crippen LogP contribution in [-0.4, -0.2) is 188 Å². The Balaban J connectivity index is 0.000000196. The molecule has 0 bridgehead atoms. The fourth-order valence-electron chi connectivity index (χ4n) is 8.63. The summed E-state index contributed by atoms with van der Waals surface area (Å²) < 4.78 is 19.8. The molecule has 12 heterocycles. The van der Waals surface area contributed by atoms with E-state index in [1.807, 2.05) is 109 Å². The van der Waals surface area contributed by atoms with Crippen LogP contribution in [0.3, 0.4) is 0 Å². The van der Waals surface area contributed by atoms with Crippen molar-refractivity contribution in [3.8, 4) is 33.4 Å². The zero-order chi connectivity index (χ0) is 60.0. The maximum absolute atomic E-state index is 11.9. The summed E-state index contributed by atoms with van der Waals surface area (Å²) in [6, 6.07) is 12.5. The molecule has 3 fully saturated rings. The summed E-state index contributed by atoms with van der Waals surface area (Å²) in [6.07, 6.45) is 27.7. The van der Waals surface area contributed by atoms with Crippen molar-refractivity contribution in [1.29, 1.82) is 0 Å². The van der Waals surface area contributed by atoms with Crippen molar-refractivity contribution in [3.63, 3.8) is 0 Å². The largest absolute Gasteiger partial charge is 1.00 e. The molecule has 458 valence electrons. The molecule has 33 heteroatoms. The van der Waals surface area contributed by atoms with E-state index >= 15 is 0 Å². The molecular formula is C55H65ClLiN21O10. The van der Waals surface area contributed by atoms with Crippen LogP contribution in [0.25, 0.3) is 33.4 Å². The Bertz CT molecular complexity index is 3740. The number of amides is 2. The molecule has 0 aromatic carbocycles. The number of aromatic nitrogens is 15. The Labute approximate surface area is 521 Å². The quantitative estimate of drug-likeness (QED) is 0.0537. The number of carbonyl (C=O) groups excluding carboxylic acids is 4. The minimum Gasteiger partial charge on any atom is -0.870 e. The molecule has 12 rings (SSSR count). The van der Waals surface area contributed by atoms with Gasteiger partial charge in [-0.25, -0.2) is 19.7 Å². The molecule has 3 aliphatic heterocycles. The van der Waals surface area contributed by atoms with Crippen molar-refractivity contribution in [1.82, 2.24) is 88.8 Å². The van der Waals surface area contributed by atoms with Gasteiger partial charge in [-0.1, -0.05) is 0 Å². The molecule has 0 unspecified atom stereocenters. The number of carbonyl (C=O) groups is 5. The number of rotatable bonds is 17. The minimum absolute atomic E-state index is 0. The number of nitrogens with zero attached hydrogens (tertiary/aromatic N) is 17. The van der Waals surface area contributed by atoms with Gasteiger partial charge in [-0.05, 0) is 53.1 Å². The van der Waals surface area contributed by atoms with Crippen LogP contribution in [0.1, 0.15) is 32.0 Å². The Morgan fingerprint density at radius 1 is 0.523 bits per heavy atom. The number of pyridine rings is 3. The second-order valence-corrected chi connectivity index (χ2v) is 19.8. The summed E-state index contributed by atoms with van der Waals surface area (Å²) in [5.41, 5.74) is 8.78. The molecule has 9 aromatic rings. The number of esters is 2. The van der Waals surface area contributed by atoms with Crippen molar-refractivity contribution in [2.24, 2.45) is 21.1 Å². The van der Waals surface area contributed by atoms with E-state index in [0.717, 1.165) is 82.1 Å². The maximum atomic E-state index is 11.9. The Hall–Kier alpha value is -9.77. The molecule has 2 amide bonds. The first-order chi connectivity index (χ1) is 41.0. The van der Waals surface area contributed by atoms with Crippen molar-refractivity contribution in [2.45, 2.75) is 32.0 Å². The normalized spacial score (nSPS) is 13.2. The van der Waals surface area contributed by atoms with Crippen molar-refractivity contribution < 1.29 is 68.0 Å².